The van der Waals surface area contributed by atoms with Crippen LogP contribution in [0.15, 0.2) is 17.9 Å². The molecule has 0 radical (unpaired) electrons. The zero-order chi connectivity index (χ0) is 15.7. The lowest BCUT2D eigenvalue weighted by molar-refractivity contribution is -0.0609. The van der Waals surface area contributed by atoms with Crippen molar-refractivity contribution in [2.24, 2.45) is 5.28 Å². The van der Waals surface area contributed by atoms with Crippen molar-refractivity contribution < 1.29 is 19.8 Å². The van der Waals surface area contributed by atoms with Gasteiger partial charge in [0.15, 0.2) is 23.8 Å². The van der Waals surface area contributed by atoms with Crippen molar-refractivity contribution in [1.82, 2.24) is 19.5 Å². The van der Waals surface area contributed by atoms with Crippen LogP contribution in [-0.4, -0.2) is 54.7 Å². The Hall–Kier alpha value is -2.66. The van der Waals surface area contributed by atoms with Crippen molar-refractivity contribution in [2.75, 3.05) is 12.3 Å². The summed E-state index contributed by atoms with van der Waals surface area (Å²) >= 11 is 0. The third-order valence-electron chi connectivity index (χ3n) is 3.36. The van der Waals surface area contributed by atoms with Crippen molar-refractivity contribution in [1.29, 1.82) is 0 Å². The first kappa shape index (κ1) is 14.3. The van der Waals surface area contributed by atoms with E-state index in [9.17, 15) is 10.2 Å². The number of aromatic nitrogens is 4. The van der Waals surface area contributed by atoms with Gasteiger partial charge in [-0.05, 0) is 5.53 Å². The number of aliphatic hydroxyl groups excluding tert-OH is 2. The van der Waals surface area contributed by atoms with Crippen LogP contribution in [0.25, 0.3) is 21.6 Å². The second-order valence-electron chi connectivity index (χ2n) is 4.56. The number of imidazole rings is 1. The Balaban J connectivity index is 1.97. The Kier molecular flexibility index (Phi) is 3.65. The standard InChI is InChI=1S/C10H12N8O4/c11-8-5-9(14-2-13-8)18(3-15-5)10-6(20)7(22-17-16-12)4(1-19)21-10/h2-4,6-7,10,19-20H,1H2,(H2,11,13,14)/t4-,6?,7?,10-/m1/s1. The maximum Gasteiger partial charge on any atom is 0.167 e. The summed E-state index contributed by atoms with van der Waals surface area (Å²) in [5.74, 6) is 0.192. The molecule has 2 unspecified atom stereocenters. The van der Waals surface area contributed by atoms with Crippen molar-refractivity contribution in [3.8, 4) is 0 Å². The molecule has 116 valence electrons. The van der Waals surface area contributed by atoms with Crippen molar-refractivity contribution in [2.45, 2.75) is 24.5 Å². The minimum Gasteiger partial charge on any atom is -0.424 e. The first-order chi connectivity index (χ1) is 10.7. The molecule has 3 heterocycles. The smallest absolute Gasteiger partial charge is 0.167 e. The molecular weight excluding hydrogens is 296 g/mol. The van der Waals surface area contributed by atoms with Gasteiger partial charge in [0.1, 0.15) is 29.3 Å². The zero-order valence-electron chi connectivity index (χ0n) is 11.1. The summed E-state index contributed by atoms with van der Waals surface area (Å²) in [6.45, 7) is -0.428. The number of nitrogen functional groups attached to an aromatic ring is 1. The van der Waals surface area contributed by atoms with Gasteiger partial charge in [-0.3, -0.25) is 4.57 Å². The Morgan fingerprint density at radius 2 is 2.32 bits per heavy atom. The van der Waals surface area contributed by atoms with Crippen LogP contribution < -0.4 is 5.73 Å². The van der Waals surface area contributed by atoms with Crippen LogP contribution in [0, 0.1) is 0 Å². The molecule has 1 fully saturated rings. The first-order valence-electron chi connectivity index (χ1n) is 6.25. The fraction of sp³-hybridized carbons (Fsp3) is 0.500. The van der Waals surface area contributed by atoms with E-state index in [1.54, 1.807) is 0 Å². The lowest BCUT2D eigenvalue weighted by atomic mass is 10.1. The van der Waals surface area contributed by atoms with E-state index < -0.39 is 31.1 Å². The molecule has 4 atom stereocenters. The van der Waals surface area contributed by atoms with Gasteiger partial charge in [-0.1, -0.05) is 0 Å². The fourth-order valence-electron chi connectivity index (χ4n) is 2.36. The largest absolute Gasteiger partial charge is 0.424 e. The van der Waals surface area contributed by atoms with Gasteiger partial charge in [-0.25, -0.2) is 15.0 Å². The molecule has 12 heteroatoms. The number of aliphatic hydroxyl groups is 2. The highest BCUT2D eigenvalue weighted by Gasteiger charge is 2.46. The number of rotatable bonds is 4. The van der Waals surface area contributed by atoms with Crippen molar-refractivity contribution >= 4 is 17.0 Å². The molecule has 4 N–H and O–H groups in total. The van der Waals surface area contributed by atoms with Gasteiger partial charge in [0.05, 0.1) is 12.9 Å². The lowest BCUT2D eigenvalue weighted by Gasteiger charge is -2.17. The number of nitrogens with two attached hydrogens (primary N) is 1. The Morgan fingerprint density at radius 1 is 1.50 bits per heavy atom. The van der Waals surface area contributed by atoms with Gasteiger partial charge in [0, 0.05) is 4.91 Å². The maximum absolute atomic E-state index is 10.3. The van der Waals surface area contributed by atoms with Crippen LogP contribution in [0.5, 0.6) is 0 Å². The van der Waals surface area contributed by atoms with E-state index in [0.29, 0.717) is 11.2 Å². The average Bonchev–Trinajstić information content (AvgIpc) is 3.07. The van der Waals surface area contributed by atoms with Gasteiger partial charge in [-0.15, -0.1) is 0 Å². The molecule has 0 bridgehead atoms. The second kappa shape index (κ2) is 5.61. The quantitative estimate of drug-likeness (QED) is 0.286. The molecule has 0 amide bonds. The summed E-state index contributed by atoms with van der Waals surface area (Å²) < 4.78 is 6.98. The normalized spacial score (nSPS) is 27.7. The van der Waals surface area contributed by atoms with E-state index in [2.05, 4.69) is 25.1 Å². The summed E-state index contributed by atoms with van der Waals surface area (Å²) in [6, 6.07) is 0. The van der Waals surface area contributed by atoms with Gasteiger partial charge in [-0.2, -0.15) is 0 Å². The van der Waals surface area contributed by atoms with E-state index >= 15 is 0 Å². The highest BCUT2D eigenvalue weighted by atomic mass is 16.7. The van der Waals surface area contributed by atoms with Crippen LogP contribution in [0.1, 0.15) is 6.23 Å². The fourth-order valence-corrected chi connectivity index (χ4v) is 2.36. The van der Waals surface area contributed by atoms with E-state index in [1.807, 2.05) is 0 Å². The molecule has 0 saturated carbocycles. The summed E-state index contributed by atoms with van der Waals surface area (Å²) in [6.07, 6.45) is -1.40. The van der Waals surface area contributed by atoms with E-state index in [-0.39, 0.29) is 5.82 Å². The Morgan fingerprint density at radius 3 is 3.05 bits per heavy atom. The van der Waals surface area contributed by atoms with Gasteiger partial charge in [0.2, 0.25) is 0 Å². The SMILES string of the molecule is [N-]=[N+]=NOC1C(O)[C@H](n2cnc3c(N)ncnc32)O[C@@H]1CO. The van der Waals surface area contributed by atoms with Crippen LogP contribution in [0.2, 0.25) is 0 Å². The molecule has 0 spiro atoms. The predicted molar refractivity (Wildman–Crippen MR) is 70.8 cm³/mol. The van der Waals surface area contributed by atoms with Crippen molar-refractivity contribution in [3.63, 3.8) is 0 Å². The zero-order valence-corrected chi connectivity index (χ0v) is 11.1. The van der Waals surface area contributed by atoms with E-state index in [0.717, 1.165) is 0 Å². The molecule has 1 aliphatic heterocycles. The molecule has 1 saturated heterocycles. The summed E-state index contributed by atoms with van der Waals surface area (Å²) in [5.41, 5.74) is 14.7. The Labute approximate surface area is 122 Å². The van der Waals surface area contributed by atoms with Gasteiger partial charge >= 0.3 is 0 Å². The molecular formula is C10H12N8O4. The third-order valence-corrected chi connectivity index (χ3v) is 3.36. The topological polar surface area (TPSA) is 177 Å². The number of nitrogens with zero attached hydrogens (tertiary/aromatic N) is 7. The summed E-state index contributed by atoms with van der Waals surface area (Å²) in [7, 11) is 0. The minimum atomic E-state index is -1.21. The summed E-state index contributed by atoms with van der Waals surface area (Å²) in [4.78, 5) is 19.2. The van der Waals surface area contributed by atoms with Gasteiger partial charge in [0.25, 0.3) is 0 Å². The van der Waals surface area contributed by atoms with Crippen LogP contribution >= 0.6 is 0 Å². The molecule has 1 aliphatic rings. The Bertz CT molecular complexity index is 729. The third kappa shape index (κ3) is 2.16. The maximum atomic E-state index is 10.3. The average molecular weight is 308 g/mol. The van der Waals surface area contributed by atoms with Crippen LogP contribution in [0.4, 0.5) is 5.82 Å². The number of ether oxygens (including phenoxy) is 1. The monoisotopic (exact) mass is 308 g/mol. The van der Waals surface area contributed by atoms with Crippen LogP contribution in [0.3, 0.4) is 0 Å². The molecule has 3 rings (SSSR count). The van der Waals surface area contributed by atoms with E-state index in [4.69, 9.17) is 20.8 Å². The highest BCUT2D eigenvalue weighted by Crippen LogP contribution is 2.33. The van der Waals surface area contributed by atoms with E-state index in [1.165, 1.54) is 17.2 Å². The molecule has 22 heavy (non-hydrogen) atoms. The number of hydrogen-bond donors (Lipinski definition) is 3. The molecule has 2 aromatic heterocycles. The predicted octanol–water partition coefficient (Wildman–Crippen LogP) is -0.730. The molecule has 2 aromatic rings. The number of hydrogen-bond acceptors (Lipinski definition) is 9. The molecule has 0 aliphatic carbocycles. The van der Waals surface area contributed by atoms with Gasteiger partial charge < -0.3 is 25.5 Å². The second-order valence-corrected chi connectivity index (χ2v) is 4.56. The minimum absolute atomic E-state index is 0.192. The van der Waals surface area contributed by atoms with Crippen molar-refractivity contribution in [3.05, 3.63) is 23.1 Å². The number of azide groups is 1. The van der Waals surface area contributed by atoms with Crippen LogP contribution in [-0.2, 0) is 9.57 Å². The summed E-state index contributed by atoms with van der Waals surface area (Å²) in [5, 5.41) is 22.6. The highest BCUT2D eigenvalue weighted by molar-refractivity contribution is 5.81. The first-order valence-corrected chi connectivity index (χ1v) is 6.25. The number of fused-ring (bicyclic) bond motifs is 1. The number of anilines is 1. The lowest BCUT2D eigenvalue weighted by Crippen LogP contribution is -2.34. The molecule has 12 nitrogen and oxygen atoms in total. The molecule has 0 aromatic carbocycles.